The van der Waals surface area contributed by atoms with E-state index in [4.69, 9.17) is 5.73 Å². The number of carbonyl (C=O) groups excluding carboxylic acids is 1. The number of aromatic nitrogens is 3. The third-order valence-electron chi connectivity index (χ3n) is 2.82. The number of nitrogens with zero attached hydrogens (tertiary/aromatic N) is 2. The highest BCUT2D eigenvalue weighted by Gasteiger charge is 2.45. The highest BCUT2D eigenvalue weighted by Crippen LogP contribution is 2.33. The lowest BCUT2D eigenvalue weighted by Gasteiger charge is -2.09. The molecule has 90 valence electrons. The summed E-state index contributed by atoms with van der Waals surface area (Å²) in [5, 5.41) is 13.2. The van der Waals surface area contributed by atoms with Gasteiger partial charge < -0.3 is 11.1 Å². The van der Waals surface area contributed by atoms with E-state index in [0.717, 1.165) is 23.9 Å². The molecule has 0 spiro atoms. The Hall–Kier alpha value is -1.66. The fourth-order valence-corrected chi connectivity index (χ4v) is 1.54. The van der Waals surface area contributed by atoms with E-state index in [2.05, 4.69) is 20.7 Å². The zero-order valence-corrected chi connectivity index (χ0v) is 9.75. The molecule has 1 amide bonds. The van der Waals surface area contributed by atoms with Crippen molar-refractivity contribution in [2.24, 2.45) is 5.73 Å². The minimum absolute atomic E-state index is 0. The quantitative estimate of drug-likeness (QED) is 0.738. The van der Waals surface area contributed by atoms with Gasteiger partial charge in [-0.1, -0.05) is 0 Å². The topological polar surface area (TPSA) is 96.7 Å². The number of H-pyrrole nitrogens is 1. The Balaban J connectivity index is 0.00000108. The molecule has 1 aliphatic carbocycles. The van der Waals surface area contributed by atoms with Crippen molar-refractivity contribution in [3.63, 3.8) is 0 Å². The molecule has 0 aliphatic heterocycles. The first kappa shape index (κ1) is 11.8. The summed E-state index contributed by atoms with van der Waals surface area (Å²) in [6, 6.07) is 5.35. The van der Waals surface area contributed by atoms with Crippen LogP contribution in [0.3, 0.4) is 0 Å². The van der Waals surface area contributed by atoms with Gasteiger partial charge in [-0.05, 0) is 31.0 Å². The van der Waals surface area contributed by atoms with Gasteiger partial charge in [0, 0.05) is 5.69 Å². The molecule has 0 radical (unpaired) electrons. The Bertz CT molecular complexity index is 563. The summed E-state index contributed by atoms with van der Waals surface area (Å²) in [4.78, 5) is 11.7. The first-order chi connectivity index (χ1) is 7.67. The number of anilines is 1. The van der Waals surface area contributed by atoms with Crippen molar-refractivity contribution in [3.8, 4) is 0 Å². The first-order valence-corrected chi connectivity index (χ1v) is 5.08. The van der Waals surface area contributed by atoms with Gasteiger partial charge in [0.05, 0.1) is 5.54 Å². The average molecular weight is 254 g/mol. The third kappa shape index (κ3) is 2.09. The second kappa shape index (κ2) is 3.97. The lowest BCUT2D eigenvalue weighted by molar-refractivity contribution is -0.118. The number of amides is 1. The van der Waals surface area contributed by atoms with Gasteiger partial charge >= 0.3 is 0 Å². The normalized spacial score (nSPS) is 16.3. The molecule has 1 aromatic heterocycles. The van der Waals surface area contributed by atoms with Crippen LogP contribution in [0, 0.1) is 0 Å². The van der Waals surface area contributed by atoms with Gasteiger partial charge in [0.1, 0.15) is 11.0 Å². The predicted molar refractivity (Wildman–Crippen MR) is 65.9 cm³/mol. The van der Waals surface area contributed by atoms with Crippen molar-refractivity contribution >= 4 is 35.0 Å². The van der Waals surface area contributed by atoms with E-state index in [1.807, 2.05) is 0 Å². The summed E-state index contributed by atoms with van der Waals surface area (Å²) in [5.41, 5.74) is 7.32. The molecule has 3 rings (SSSR count). The van der Waals surface area contributed by atoms with Crippen molar-refractivity contribution in [2.75, 3.05) is 5.32 Å². The van der Waals surface area contributed by atoms with E-state index in [9.17, 15) is 4.79 Å². The van der Waals surface area contributed by atoms with Gasteiger partial charge in [-0.2, -0.15) is 15.4 Å². The Morgan fingerprint density at radius 1 is 1.35 bits per heavy atom. The number of nitrogens with two attached hydrogens (primary N) is 1. The van der Waals surface area contributed by atoms with E-state index in [0.29, 0.717) is 5.69 Å². The average Bonchev–Trinajstić information content (AvgIpc) is 2.87. The summed E-state index contributed by atoms with van der Waals surface area (Å²) in [6.07, 6.45) is 1.51. The van der Waals surface area contributed by atoms with Crippen LogP contribution in [-0.4, -0.2) is 26.9 Å². The third-order valence-corrected chi connectivity index (χ3v) is 2.82. The van der Waals surface area contributed by atoms with E-state index in [1.165, 1.54) is 0 Å². The molecule has 4 N–H and O–H groups in total. The number of carbonyl (C=O) groups is 1. The van der Waals surface area contributed by atoms with Crippen LogP contribution in [0.5, 0.6) is 0 Å². The summed E-state index contributed by atoms with van der Waals surface area (Å²) in [6.45, 7) is 0. The number of halogens is 1. The lowest BCUT2D eigenvalue weighted by Crippen LogP contribution is -2.37. The molecule has 1 heterocycles. The summed E-state index contributed by atoms with van der Waals surface area (Å²) < 4.78 is 0. The molecule has 2 aromatic rings. The van der Waals surface area contributed by atoms with Gasteiger partial charge in [0.15, 0.2) is 0 Å². The van der Waals surface area contributed by atoms with Crippen LogP contribution >= 0.6 is 12.4 Å². The molecule has 0 atom stereocenters. The standard InChI is InChI=1S/C10H11N5O.ClH/c11-10(3-4-10)9(16)12-6-1-2-7-8(5-6)14-15-13-7;/h1-2,5H,3-4,11H2,(H,12,16)(H,13,14,15);1H. The van der Waals surface area contributed by atoms with E-state index >= 15 is 0 Å². The van der Waals surface area contributed by atoms with Crippen molar-refractivity contribution in [1.82, 2.24) is 15.4 Å². The van der Waals surface area contributed by atoms with Gasteiger partial charge in [-0.25, -0.2) is 0 Å². The largest absolute Gasteiger partial charge is 0.324 e. The Morgan fingerprint density at radius 3 is 2.76 bits per heavy atom. The minimum Gasteiger partial charge on any atom is -0.324 e. The summed E-state index contributed by atoms with van der Waals surface area (Å²) >= 11 is 0. The minimum atomic E-state index is -0.654. The maximum absolute atomic E-state index is 11.7. The second-order valence-corrected chi connectivity index (χ2v) is 4.14. The molecular weight excluding hydrogens is 242 g/mol. The Kier molecular flexibility index (Phi) is 2.76. The number of aromatic amines is 1. The molecule has 1 aliphatic rings. The van der Waals surface area contributed by atoms with Gasteiger partial charge in [-0.3, -0.25) is 4.79 Å². The number of fused-ring (bicyclic) bond motifs is 1. The highest BCUT2D eigenvalue weighted by molar-refractivity contribution is 6.00. The fraction of sp³-hybridized carbons (Fsp3) is 0.300. The van der Waals surface area contributed by atoms with Crippen LogP contribution < -0.4 is 11.1 Å². The van der Waals surface area contributed by atoms with Crippen LogP contribution in [0.1, 0.15) is 12.8 Å². The molecule has 1 aromatic carbocycles. The van der Waals surface area contributed by atoms with Gasteiger partial charge in [0.25, 0.3) is 0 Å². The predicted octanol–water partition coefficient (Wildman–Crippen LogP) is 0.809. The number of rotatable bonds is 2. The van der Waals surface area contributed by atoms with Crippen molar-refractivity contribution < 1.29 is 4.79 Å². The molecule has 0 saturated heterocycles. The molecule has 6 nitrogen and oxygen atoms in total. The summed E-state index contributed by atoms with van der Waals surface area (Å²) in [5.74, 6) is -0.129. The Morgan fingerprint density at radius 2 is 2.06 bits per heavy atom. The fourth-order valence-electron chi connectivity index (χ4n) is 1.54. The van der Waals surface area contributed by atoms with Crippen LogP contribution in [0.25, 0.3) is 11.0 Å². The van der Waals surface area contributed by atoms with Crippen molar-refractivity contribution in [2.45, 2.75) is 18.4 Å². The molecule has 0 unspecified atom stereocenters. The smallest absolute Gasteiger partial charge is 0.244 e. The van der Waals surface area contributed by atoms with Crippen LogP contribution in [-0.2, 0) is 4.79 Å². The maximum atomic E-state index is 11.7. The molecule has 0 bridgehead atoms. The zero-order valence-electron chi connectivity index (χ0n) is 8.93. The van der Waals surface area contributed by atoms with Crippen LogP contribution in [0.4, 0.5) is 5.69 Å². The zero-order chi connectivity index (χ0) is 11.2. The first-order valence-electron chi connectivity index (χ1n) is 5.08. The number of nitrogens with one attached hydrogen (secondary N) is 2. The lowest BCUT2D eigenvalue weighted by atomic mass is 10.2. The highest BCUT2D eigenvalue weighted by atomic mass is 35.5. The van der Waals surface area contributed by atoms with Gasteiger partial charge in [-0.15, -0.1) is 12.4 Å². The van der Waals surface area contributed by atoms with Crippen LogP contribution in [0.2, 0.25) is 0 Å². The number of benzene rings is 1. The SMILES string of the molecule is Cl.NC1(C(=O)Nc2ccc3n[nH]nc3c2)CC1. The van der Waals surface area contributed by atoms with Crippen LogP contribution in [0.15, 0.2) is 18.2 Å². The molecular formula is C10H12ClN5O. The van der Waals surface area contributed by atoms with E-state index in [1.54, 1.807) is 18.2 Å². The van der Waals surface area contributed by atoms with E-state index < -0.39 is 5.54 Å². The Labute approximate surface area is 103 Å². The molecule has 7 heteroatoms. The van der Waals surface area contributed by atoms with Gasteiger partial charge in [0.2, 0.25) is 5.91 Å². The molecule has 1 fully saturated rings. The van der Waals surface area contributed by atoms with E-state index in [-0.39, 0.29) is 18.3 Å². The second-order valence-electron chi connectivity index (χ2n) is 4.14. The monoisotopic (exact) mass is 253 g/mol. The number of hydrogen-bond donors (Lipinski definition) is 3. The van der Waals surface area contributed by atoms with Crippen molar-refractivity contribution in [3.05, 3.63) is 18.2 Å². The van der Waals surface area contributed by atoms with Crippen molar-refractivity contribution in [1.29, 1.82) is 0 Å². The molecule has 17 heavy (non-hydrogen) atoms. The molecule has 1 saturated carbocycles. The maximum Gasteiger partial charge on any atom is 0.244 e. The summed E-state index contributed by atoms with van der Waals surface area (Å²) in [7, 11) is 0. The number of hydrogen-bond acceptors (Lipinski definition) is 4.